The molecule has 0 aliphatic carbocycles. The molecule has 1 aliphatic heterocycles. The van der Waals surface area contributed by atoms with Gasteiger partial charge in [0.15, 0.2) is 0 Å². The first-order chi connectivity index (χ1) is 9.07. The van der Waals surface area contributed by atoms with Gasteiger partial charge in [-0.3, -0.25) is 4.79 Å². The van der Waals surface area contributed by atoms with E-state index in [0.29, 0.717) is 13.0 Å². The Balaban J connectivity index is 1.79. The lowest BCUT2D eigenvalue weighted by atomic mass is 9.94. The van der Waals surface area contributed by atoms with Gasteiger partial charge in [-0.15, -0.1) is 0 Å². The third-order valence-electron chi connectivity index (χ3n) is 3.50. The standard InChI is InChI=1S/C15H22N2O2/c1-15(9-2-10-19-11-15)17-14(18)8-5-12-3-6-13(16)7-4-12/h3-4,6-7H,2,5,8-11,16H2,1H3,(H,17,18). The highest BCUT2D eigenvalue weighted by molar-refractivity contribution is 5.77. The largest absolute Gasteiger partial charge is 0.399 e. The lowest BCUT2D eigenvalue weighted by Gasteiger charge is -2.34. The third kappa shape index (κ3) is 4.24. The van der Waals surface area contributed by atoms with E-state index in [1.807, 2.05) is 31.2 Å². The SMILES string of the molecule is CC1(NC(=O)CCc2ccc(N)cc2)CCCOC1. The molecule has 1 aliphatic rings. The minimum absolute atomic E-state index is 0.0878. The number of ether oxygens (including phenoxy) is 1. The van der Waals surface area contributed by atoms with Crippen molar-refractivity contribution in [3.63, 3.8) is 0 Å². The number of hydrogen-bond donors (Lipinski definition) is 2. The molecular weight excluding hydrogens is 240 g/mol. The molecule has 1 unspecified atom stereocenters. The van der Waals surface area contributed by atoms with E-state index < -0.39 is 0 Å². The van der Waals surface area contributed by atoms with Crippen molar-refractivity contribution in [2.24, 2.45) is 0 Å². The van der Waals surface area contributed by atoms with Gasteiger partial charge in [0.2, 0.25) is 5.91 Å². The van der Waals surface area contributed by atoms with Crippen LogP contribution in [0.3, 0.4) is 0 Å². The van der Waals surface area contributed by atoms with E-state index in [1.54, 1.807) is 0 Å². The highest BCUT2D eigenvalue weighted by atomic mass is 16.5. The van der Waals surface area contributed by atoms with Gasteiger partial charge < -0.3 is 15.8 Å². The van der Waals surface area contributed by atoms with Crippen molar-refractivity contribution < 1.29 is 9.53 Å². The first-order valence-electron chi connectivity index (χ1n) is 6.81. The highest BCUT2D eigenvalue weighted by Gasteiger charge is 2.28. The Labute approximate surface area is 114 Å². The average Bonchev–Trinajstić information content (AvgIpc) is 2.38. The number of rotatable bonds is 4. The third-order valence-corrected chi connectivity index (χ3v) is 3.50. The van der Waals surface area contributed by atoms with Crippen LogP contribution >= 0.6 is 0 Å². The van der Waals surface area contributed by atoms with Crippen LogP contribution in [0.15, 0.2) is 24.3 Å². The van der Waals surface area contributed by atoms with Gasteiger partial charge in [0, 0.05) is 18.7 Å². The maximum Gasteiger partial charge on any atom is 0.220 e. The number of carbonyl (C=O) groups excluding carboxylic acids is 1. The fourth-order valence-electron chi connectivity index (χ4n) is 2.37. The molecule has 4 nitrogen and oxygen atoms in total. The van der Waals surface area contributed by atoms with Crippen LogP contribution in [-0.4, -0.2) is 24.7 Å². The van der Waals surface area contributed by atoms with Gasteiger partial charge in [0.05, 0.1) is 12.1 Å². The number of amides is 1. The summed E-state index contributed by atoms with van der Waals surface area (Å²) < 4.78 is 5.43. The van der Waals surface area contributed by atoms with Gasteiger partial charge in [-0.25, -0.2) is 0 Å². The number of hydrogen-bond acceptors (Lipinski definition) is 3. The van der Waals surface area contributed by atoms with Crippen LogP contribution in [-0.2, 0) is 16.0 Å². The van der Waals surface area contributed by atoms with Crippen molar-refractivity contribution in [1.82, 2.24) is 5.32 Å². The van der Waals surface area contributed by atoms with E-state index in [2.05, 4.69) is 5.32 Å². The molecule has 1 saturated heterocycles. The van der Waals surface area contributed by atoms with Crippen LogP contribution in [0.4, 0.5) is 5.69 Å². The number of nitrogens with two attached hydrogens (primary N) is 1. The second kappa shape index (κ2) is 6.06. The summed E-state index contributed by atoms with van der Waals surface area (Å²) in [6, 6.07) is 7.66. The molecule has 1 heterocycles. The molecule has 1 amide bonds. The predicted molar refractivity (Wildman–Crippen MR) is 75.8 cm³/mol. The van der Waals surface area contributed by atoms with Gasteiger partial charge in [-0.05, 0) is 43.9 Å². The Morgan fingerprint density at radius 3 is 2.79 bits per heavy atom. The average molecular weight is 262 g/mol. The van der Waals surface area contributed by atoms with Crippen LogP contribution in [0, 0.1) is 0 Å². The van der Waals surface area contributed by atoms with Crippen molar-refractivity contribution in [2.45, 2.75) is 38.1 Å². The molecule has 0 radical (unpaired) electrons. The molecule has 104 valence electrons. The molecule has 19 heavy (non-hydrogen) atoms. The molecule has 1 atom stereocenters. The van der Waals surface area contributed by atoms with E-state index in [0.717, 1.165) is 37.1 Å². The Bertz CT molecular complexity index is 422. The zero-order valence-corrected chi connectivity index (χ0v) is 11.4. The van der Waals surface area contributed by atoms with Crippen molar-refractivity contribution in [3.05, 3.63) is 29.8 Å². The van der Waals surface area contributed by atoms with Gasteiger partial charge in [0.25, 0.3) is 0 Å². The predicted octanol–water partition coefficient (Wildman–Crippen LogP) is 1.89. The molecule has 1 fully saturated rings. The lowest BCUT2D eigenvalue weighted by molar-refractivity contribution is -0.124. The van der Waals surface area contributed by atoms with E-state index >= 15 is 0 Å². The molecule has 3 N–H and O–H groups in total. The van der Waals surface area contributed by atoms with Gasteiger partial charge >= 0.3 is 0 Å². The topological polar surface area (TPSA) is 64.4 Å². The minimum Gasteiger partial charge on any atom is -0.399 e. The second-order valence-electron chi connectivity index (χ2n) is 5.51. The minimum atomic E-state index is -0.198. The lowest BCUT2D eigenvalue weighted by Crippen LogP contribution is -2.51. The highest BCUT2D eigenvalue weighted by Crippen LogP contribution is 2.18. The van der Waals surface area contributed by atoms with Crippen LogP contribution in [0.2, 0.25) is 0 Å². The second-order valence-corrected chi connectivity index (χ2v) is 5.51. The number of benzene rings is 1. The Morgan fingerprint density at radius 1 is 1.42 bits per heavy atom. The number of aryl methyl sites for hydroxylation is 1. The Kier molecular flexibility index (Phi) is 4.43. The van der Waals surface area contributed by atoms with E-state index in [4.69, 9.17) is 10.5 Å². The summed E-state index contributed by atoms with van der Waals surface area (Å²) >= 11 is 0. The van der Waals surface area contributed by atoms with Crippen molar-refractivity contribution in [1.29, 1.82) is 0 Å². The summed E-state index contributed by atoms with van der Waals surface area (Å²) in [5, 5.41) is 3.09. The monoisotopic (exact) mass is 262 g/mol. The smallest absolute Gasteiger partial charge is 0.220 e. The van der Waals surface area contributed by atoms with Gasteiger partial charge in [-0.2, -0.15) is 0 Å². The molecule has 0 aromatic heterocycles. The number of nitrogen functional groups attached to an aromatic ring is 1. The molecule has 0 saturated carbocycles. The molecule has 2 rings (SSSR count). The summed E-state index contributed by atoms with van der Waals surface area (Å²) in [6.07, 6.45) is 3.23. The van der Waals surface area contributed by atoms with Crippen LogP contribution in [0.25, 0.3) is 0 Å². The van der Waals surface area contributed by atoms with Crippen molar-refractivity contribution in [3.8, 4) is 0 Å². The fraction of sp³-hybridized carbons (Fsp3) is 0.533. The van der Waals surface area contributed by atoms with Gasteiger partial charge in [-0.1, -0.05) is 12.1 Å². The fourth-order valence-corrected chi connectivity index (χ4v) is 2.37. The van der Waals surface area contributed by atoms with Crippen molar-refractivity contribution in [2.75, 3.05) is 18.9 Å². The van der Waals surface area contributed by atoms with E-state index in [-0.39, 0.29) is 11.4 Å². The number of nitrogens with one attached hydrogen (secondary N) is 1. The van der Waals surface area contributed by atoms with Crippen LogP contribution in [0.1, 0.15) is 31.7 Å². The molecule has 1 aromatic carbocycles. The van der Waals surface area contributed by atoms with E-state index in [9.17, 15) is 4.79 Å². The molecule has 0 spiro atoms. The Hall–Kier alpha value is -1.55. The summed E-state index contributed by atoms with van der Waals surface area (Å²) in [5.41, 5.74) is 7.32. The first kappa shape index (κ1) is 13.9. The summed E-state index contributed by atoms with van der Waals surface area (Å²) in [4.78, 5) is 12.0. The van der Waals surface area contributed by atoms with Crippen LogP contribution in [0.5, 0.6) is 0 Å². The molecule has 4 heteroatoms. The van der Waals surface area contributed by atoms with Gasteiger partial charge in [0.1, 0.15) is 0 Å². The van der Waals surface area contributed by atoms with Crippen molar-refractivity contribution >= 4 is 11.6 Å². The summed E-state index contributed by atoms with van der Waals surface area (Å²) in [7, 11) is 0. The number of anilines is 1. The zero-order chi connectivity index (χ0) is 13.7. The quantitative estimate of drug-likeness (QED) is 0.814. The molecular formula is C15H22N2O2. The number of carbonyl (C=O) groups is 1. The summed E-state index contributed by atoms with van der Waals surface area (Å²) in [6.45, 7) is 3.46. The van der Waals surface area contributed by atoms with E-state index in [1.165, 1.54) is 0 Å². The van der Waals surface area contributed by atoms with Crippen LogP contribution < -0.4 is 11.1 Å². The first-order valence-corrected chi connectivity index (χ1v) is 6.81. The molecule has 1 aromatic rings. The maximum atomic E-state index is 12.0. The zero-order valence-electron chi connectivity index (χ0n) is 11.4. The summed E-state index contributed by atoms with van der Waals surface area (Å²) in [5.74, 6) is 0.0878. The maximum absolute atomic E-state index is 12.0. The Morgan fingerprint density at radius 2 is 2.16 bits per heavy atom. The molecule has 0 bridgehead atoms. The normalized spacial score (nSPS) is 23.0.